The van der Waals surface area contributed by atoms with Crippen LogP contribution in [0.1, 0.15) is 54.0 Å². The van der Waals surface area contributed by atoms with Gasteiger partial charge in [0.15, 0.2) is 0 Å². The maximum atomic E-state index is 13.6. The highest BCUT2D eigenvalue weighted by Gasteiger charge is 2.50. The fourth-order valence-corrected chi connectivity index (χ4v) is 5.41. The van der Waals surface area contributed by atoms with Crippen molar-refractivity contribution in [3.8, 4) is 0 Å². The molecule has 2 fully saturated rings. The van der Waals surface area contributed by atoms with E-state index >= 15 is 0 Å². The van der Waals surface area contributed by atoms with Crippen LogP contribution in [0.5, 0.6) is 0 Å². The number of carbonyl (C=O) groups is 2. The molecule has 2 atom stereocenters. The van der Waals surface area contributed by atoms with Crippen LogP contribution in [0.15, 0.2) is 47.1 Å². The molecule has 0 aliphatic carbocycles. The van der Waals surface area contributed by atoms with Crippen LogP contribution in [0.25, 0.3) is 11.0 Å². The summed E-state index contributed by atoms with van der Waals surface area (Å²) in [7, 11) is 0. The lowest BCUT2D eigenvalue weighted by atomic mass is 9.76. The molecule has 6 heteroatoms. The molecule has 166 valence electrons. The second-order valence-corrected chi connectivity index (χ2v) is 9.22. The van der Waals surface area contributed by atoms with Crippen molar-refractivity contribution in [1.29, 1.82) is 0 Å². The first-order valence-corrected chi connectivity index (χ1v) is 11.2. The van der Waals surface area contributed by atoms with E-state index in [4.69, 9.17) is 4.42 Å². The lowest BCUT2D eigenvalue weighted by molar-refractivity contribution is -0.138. The average Bonchev–Trinajstić information content (AvgIpc) is 3.32. The van der Waals surface area contributed by atoms with E-state index in [9.17, 15) is 14.0 Å². The van der Waals surface area contributed by atoms with Gasteiger partial charge in [-0.1, -0.05) is 12.1 Å². The van der Waals surface area contributed by atoms with Crippen LogP contribution >= 0.6 is 0 Å². The van der Waals surface area contributed by atoms with E-state index in [1.165, 1.54) is 12.1 Å². The highest BCUT2D eigenvalue weighted by Crippen LogP contribution is 2.45. The Hall–Kier alpha value is -3.15. The van der Waals surface area contributed by atoms with Gasteiger partial charge in [-0.15, -0.1) is 0 Å². The van der Waals surface area contributed by atoms with E-state index < -0.39 is 5.54 Å². The van der Waals surface area contributed by atoms with Gasteiger partial charge in [0, 0.05) is 23.9 Å². The third kappa shape index (κ3) is 3.48. The van der Waals surface area contributed by atoms with Gasteiger partial charge in [-0.05, 0) is 74.1 Å². The molecule has 2 amide bonds. The summed E-state index contributed by atoms with van der Waals surface area (Å²) in [6.07, 6.45) is 4.63. The average molecular weight is 435 g/mol. The van der Waals surface area contributed by atoms with Gasteiger partial charge in [-0.3, -0.25) is 9.59 Å². The molecule has 3 heterocycles. The number of amides is 2. The Bertz CT molecular complexity index is 1200. The maximum absolute atomic E-state index is 13.6. The summed E-state index contributed by atoms with van der Waals surface area (Å²) in [6, 6.07) is 10.1. The molecule has 2 aromatic carbocycles. The maximum Gasteiger partial charge on any atom is 0.227 e. The molecule has 2 saturated heterocycles. The smallest absolute Gasteiger partial charge is 0.227 e. The molecule has 5 nitrogen and oxygen atoms in total. The minimum atomic E-state index is -0.505. The Kier molecular flexibility index (Phi) is 5.03. The van der Waals surface area contributed by atoms with Crippen LogP contribution in [0, 0.1) is 19.7 Å². The Morgan fingerprint density at radius 3 is 2.66 bits per heavy atom. The van der Waals surface area contributed by atoms with Crippen molar-refractivity contribution >= 4 is 22.8 Å². The largest absolute Gasteiger partial charge is 0.464 e. The van der Waals surface area contributed by atoms with Crippen LogP contribution in [-0.2, 0) is 16.0 Å². The minimum absolute atomic E-state index is 0.0121. The van der Waals surface area contributed by atoms with E-state index in [1.54, 1.807) is 18.4 Å². The fraction of sp³-hybridized carbons (Fsp3) is 0.385. The number of benzene rings is 2. The van der Waals surface area contributed by atoms with E-state index in [0.29, 0.717) is 19.4 Å². The fourth-order valence-electron chi connectivity index (χ4n) is 5.41. The number of fused-ring (bicyclic) bond motifs is 1. The molecule has 5 rings (SSSR count). The van der Waals surface area contributed by atoms with Crippen molar-refractivity contribution in [2.75, 3.05) is 6.54 Å². The molecule has 32 heavy (non-hydrogen) atoms. The topological polar surface area (TPSA) is 62.6 Å². The molecular formula is C26H27FN2O3. The molecule has 3 aromatic rings. The number of halogens is 1. The number of hydrogen-bond donors (Lipinski definition) is 1. The van der Waals surface area contributed by atoms with Gasteiger partial charge in [0.2, 0.25) is 11.8 Å². The normalized spacial score (nSPS) is 23.2. The summed E-state index contributed by atoms with van der Waals surface area (Å²) in [6.45, 7) is 4.69. The van der Waals surface area contributed by atoms with Crippen molar-refractivity contribution in [2.45, 2.75) is 57.5 Å². The molecular weight excluding hydrogens is 407 g/mol. The van der Waals surface area contributed by atoms with Gasteiger partial charge in [-0.25, -0.2) is 4.39 Å². The van der Waals surface area contributed by atoms with Gasteiger partial charge < -0.3 is 14.6 Å². The van der Waals surface area contributed by atoms with Gasteiger partial charge in [0.1, 0.15) is 11.4 Å². The number of carbonyl (C=O) groups excluding carboxylic acids is 2. The number of aryl methyl sites for hydroxylation is 2. The highest BCUT2D eigenvalue weighted by molar-refractivity contribution is 5.89. The zero-order chi connectivity index (χ0) is 22.5. The first kappa shape index (κ1) is 20.7. The van der Waals surface area contributed by atoms with E-state index in [2.05, 4.69) is 18.3 Å². The molecule has 1 spiro atoms. The first-order chi connectivity index (χ1) is 15.4. The molecule has 0 radical (unpaired) electrons. The molecule has 0 unspecified atom stereocenters. The molecule has 1 aromatic heterocycles. The van der Waals surface area contributed by atoms with Crippen molar-refractivity contribution in [3.05, 3.63) is 70.7 Å². The predicted octanol–water partition coefficient (Wildman–Crippen LogP) is 4.74. The second-order valence-electron chi connectivity index (χ2n) is 9.22. The molecule has 0 saturated carbocycles. The molecule has 2 aliphatic rings. The first-order valence-electron chi connectivity index (χ1n) is 11.2. The lowest BCUT2D eigenvalue weighted by Gasteiger charge is -2.48. The Morgan fingerprint density at radius 1 is 1.19 bits per heavy atom. The summed E-state index contributed by atoms with van der Waals surface area (Å²) in [5.41, 5.74) is 4.29. The molecule has 1 N–H and O–H groups in total. The van der Waals surface area contributed by atoms with E-state index in [0.717, 1.165) is 46.1 Å². The van der Waals surface area contributed by atoms with Gasteiger partial charge >= 0.3 is 0 Å². The molecule has 2 aliphatic heterocycles. The van der Waals surface area contributed by atoms with Crippen LogP contribution in [0.2, 0.25) is 0 Å². The predicted molar refractivity (Wildman–Crippen MR) is 120 cm³/mol. The number of hydrogen-bond acceptors (Lipinski definition) is 3. The summed E-state index contributed by atoms with van der Waals surface area (Å²) in [4.78, 5) is 27.7. The lowest BCUT2D eigenvalue weighted by Crippen LogP contribution is -2.58. The minimum Gasteiger partial charge on any atom is -0.464 e. The van der Waals surface area contributed by atoms with Crippen LogP contribution in [-0.4, -0.2) is 28.8 Å². The number of rotatable bonds is 3. The van der Waals surface area contributed by atoms with Gasteiger partial charge in [0.25, 0.3) is 0 Å². The summed E-state index contributed by atoms with van der Waals surface area (Å²) in [5.74, 6) is -0.318. The van der Waals surface area contributed by atoms with Crippen molar-refractivity contribution in [1.82, 2.24) is 10.2 Å². The van der Waals surface area contributed by atoms with E-state index in [-0.39, 0.29) is 30.1 Å². The standard InChI is InChI=1S/C26H27FN2O3/c1-16-12-21-19(15-32-22(21)13-17(16)2)14-24(31)29-11-3-9-26(10-8-23(30)28-26)25(29)18-4-6-20(27)7-5-18/h4-7,12-13,15,25H,3,8-11,14H2,1-2H3,(H,28,30)/t25-,26+/m1/s1. The number of likely N-dealkylation sites (tertiary alicyclic amines) is 1. The van der Waals surface area contributed by atoms with E-state index in [1.807, 2.05) is 17.9 Å². The zero-order valence-corrected chi connectivity index (χ0v) is 18.4. The Labute approximate surface area is 186 Å². The summed E-state index contributed by atoms with van der Waals surface area (Å²) >= 11 is 0. The third-order valence-electron chi connectivity index (χ3n) is 7.16. The Morgan fingerprint density at radius 2 is 1.94 bits per heavy atom. The quantitative estimate of drug-likeness (QED) is 0.648. The third-order valence-corrected chi connectivity index (χ3v) is 7.16. The van der Waals surface area contributed by atoms with Crippen LogP contribution in [0.4, 0.5) is 4.39 Å². The van der Waals surface area contributed by atoms with Crippen molar-refractivity contribution < 1.29 is 18.4 Å². The van der Waals surface area contributed by atoms with Crippen LogP contribution in [0.3, 0.4) is 0 Å². The second kappa shape index (κ2) is 7.76. The number of nitrogens with one attached hydrogen (secondary N) is 1. The number of piperidine rings is 1. The van der Waals surface area contributed by atoms with Gasteiger partial charge in [-0.2, -0.15) is 0 Å². The van der Waals surface area contributed by atoms with Crippen molar-refractivity contribution in [2.24, 2.45) is 0 Å². The summed E-state index contributed by atoms with van der Waals surface area (Å²) < 4.78 is 19.4. The Balaban J connectivity index is 1.50. The SMILES string of the molecule is Cc1cc2occ(CC(=O)N3CCC[C@]4(CCC(=O)N4)[C@H]3c3ccc(F)cc3)c2cc1C. The summed E-state index contributed by atoms with van der Waals surface area (Å²) in [5, 5.41) is 4.13. The van der Waals surface area contributed by atoms with Gasteiger partial charge in [0.05, 0.1) is 24.3 Å². The number of furan rings is 1. The molecule has 0 bridgehead atoms. The monoisotopic (exact) mass is 434 g/mol. The van der Waals surface area contributed by atoms with Crippen LogP contribution < -0.4 is 5.32 Å². The highest BCUT2D eigenvalue weighted by atomic mass is 19.1. The van der Waals surface area contributed by atoms with Crippen molar-refractivity contribution in [3.63, 3.8) is 0 Å². The zero-order valence-electron chi connectivity index (χ0n) is 18.4. The number of nitrogens with zero attached hydrogens (tertiary/aromatic N) is 1.